The van der Waals surface area contributed by atoms with E-state index in [1.54, 1.807) is 3.28 Å². The minimum absolute atomic E-state index is 0. The van der Waals surface area contributed by atoms with E-state index in [9.17, 15) is 0 Å². The Morgan fingerprint density at radius 2 is 2.09 bits per heavy atom. The van der Waals surface area contributed by atoms with Crippen LogP contribution in [0.5, 0.6) is 0 Å². The van der Waals surface area contributed by atoms with Gasteiger partial charge < -0.3 is 0 Å². The van der Waals surface area contributed by atoms with Gasteiger partial charge in [0.15, 0.2) is 0 Å². The zero-order chi connectivity index (χ0) is 7.56. The normalized spacial score (nSPS) is 16.1. The van der Waals surface area contributed by atoms with Crippen molar-refractivity contribution in [1.29, 1.82) is 0 Å². The van der Waals surface area contributed by atoms with Gasteiger partial charge in [-0.1, -0.05) is 0 Å². The van der Waals surface area contributed by atoms with E-state index in [1.807, 2.05) is 7.11 Å². The molecular weight excluding hydrogens is 239 g/mol. The van der Waals surface area contributed by atoms with Crippen LogP contribution < -0.4 is 0 Å². The molecule has 1 rings (SSSR count). The van der Waals surface area contributed by atoms with E-state index in [4.69, 9.17) is 2.81 Å². The molecule has 0 aromatic heterocycles. The number of hydrogen-bond donors (Lipinski definition) is 0. The Balaban J connectivity index is 0.000001000. The molecule has 1 aliphatic carbocycles. The molecule has 0 radical (unpaired) electrons. The van der Waals surface area contributed by atoms with E-state index < -0.39 is 23.7 Å². The summed E-state index contributed by atoms with van der Waals surface area (Å²) in [5.74, 6) is 0. The third-order valence-electron chi connectivity index (χ3n) is 1.62. The first-order chi connectivity index (χ1) is 4.74. The Labute approximate surface area is 86.5 Å². The van der Waals surface area contributed by atoms with Crippen molar-refractivity contribution in [2.45, 2.75) is 20.3 Å². The van der Waals surface area contributed by atoms with Gasteiger partial charge in [-0.3, -0.25) is 0 Å². The van der Waals surface area contributed by atoms with Gasteiger partial charge in [-0.15, -0.1) is 12.4 Å². The molecule has 62 valence electrons. The van der Waals surface area contributed by atoms with Gasteiger partial charge in [0.25, 0.3) is 0 Å². The third-order valence-corrected chi connectivity index (χ3v) is 4.13. The maximum Gasteiger partial charge on any atom is -0.147 e. The molecule has 11 heavy (non-hydrogen) atoms. The summed E-state index contributed by atoms with van der Waals surface area (Å²) >= 11 is -0.610. The minimum Gasteiger partial charge on any atom is -0.147 e. The molecule has 1 aliphatic rings. The van der Waals surface area contributed by atoms with Gasteiger partial charge in [-0.05, 0) is 0 Å². The molecule has 1 nitrogen and oxygen atoms in total. The minimum atomic E-state index is -0.610. The van der Waals surface area contributed by atoms with Crippen LogP contribution in [0.4, 0.5) is 0 Å². The van der Waals surface area contributed by atoms with Crippen molar-refractivity contribution in [1.82, 2.24) is 0 Å². The van der Waals surface area contributed by atoms with Crippen LogP contribution in [0.15, 0.2) is 20.5 Å². The van der Waals surface area contributed by atoms with Gasteiger partial charge >= 0.3 is 74.4 Å². The molecule has 0 aromatic rings. The van der Waals surface area contributed by atoms with Crippen LogP contribution in [0.1, 0.15) is 20.3 Å². The molecule has 0 spiro atoms. The fraction of sp³-hybridized carbons (Fsp3) is 0.500. The summed E-state index contributed by atoms with van der Waals surface area (Å²) in [5, 5.41) is 0. The zero-order valence-electron chi connectivity index (χ0n) is 7.10. The van der Waals surface area contributed by atoms with E-state index in [0.29, 0.717) is 0 Å². The smallest absolute Gasteiger partial charge is 0.147 e. The zero-order valence-corrected chi connectivity index (χ0v) is 10.4. The van der Waals surface area contributed by atoms with Crippen molar-refractivity contribution < 1.29 is 26.5 Å². The molecule has 0 saturated carbocycles. The molecule has 0 fully saturated rings. The molecule has 0 bridgehead atoms. The number of hydrogen-bond acceptors (Lipinski definition) is 1. The molecule has 0 aromatic carbocycles. The Morgan fingerprint density at radius 3 is 2.45 bits per heavy atom. The fourth-order valence-corrected chi connectivity index (χ4v) is 3.21. The van der Waals surface area contributed by atoms with Crippen LogP contribution in [0, 0.1) is 0 Å². The van der Waals surface area contributed by atoms with Gasteiger partial charge in [0.2, 0.25) is 0 Å². The number of allylic oxidation sites excluding steroid dienone is 4. The van der Waals surface area contributed by atoms with E-state index >= 15 is 0 Å². The first-order valence-corrected chi connectivity index (χ1v) is 5.63. The van der Waals surface area contributed by atoms with Crippen LogP contribution in [-0.2, 0) is 26.5 Å². The molecule has 0 amide bonds. The van der Waals surface area contributed by atoms with Crippen molar-refractivity contribution in [2.75, 3.05) is 7.11 Å². The average molecular weight is 252 g/mol. The van der Waals surface area contributed by atoms with Crippen molar-refractivity contribution in [3.05, 3.63) is 20.5 Å². The van der Waals surface area contributed by atoms with Crippen LogP contribution in [-0.4, -0.2) is 7.11 Å². The van der Waals surface area contributed by atoms with Crippen molar-refractivity contribution in [3.8, 4) is 0 Å². The molecule has 0 unspecified atom stereocenters. The molecule has 3 heteroatoms. The monoisotopic (exact) mass is 250 g/mol. The topological polar surface area (TPSA) is 9.23 Å². The van der Waals surface area contributed by atoms with Gasteiger partial charge in [0.05, 0.1) is 0 Å². The first-order valence-electron chi connectivity index (χ1n) is 3.40. The van der Waals surface area contributed by atoms with Gasteiger partial charge in [0, 0.05) is 0 Å². The second-order valence-corrected chi connectivity index (χ2v) is 5.62. The van der Waals surface area contributed by atoms with E-state index in [2.05, 4.69) is 19.9 Å². The summed E-state index contributed by atoms with van der Waals surface area (Å²) in [6, 6.07) is 0. The molecule has 0 N–H and O–H groups in total. The predicted molar refractivity (Wildman–Crippen MR) is 45.3 cm³/mol. The average Bonchev–Trinajstić information content (AvgIpc) is 2.13. The Kier molecular flexibility index (Phi) is 5.59. The summed E-state index contributed by atoms with van der Waals surface area (Å²) in [7, 11) is 1.82. The standard InChI is InChI=1S/C7H9.CH3O.ClH.Zr/c1-6-3-4-7(2)5-6;1-2;;/h5H,3H2,1-2H3;1H3;1H;/q;-1;;+1. The van der Waals surface area contributed by atoms with E-state index in [1.165, 1.54) is 17.6 Å². The van der Waals surface area contributed by atoms with Crippen LogP contribution in [0.3, 0.4) is 0 Å². The van der Waals surface area contributed by atoms with Gasteiger partial charge in [-0.25, -0.2) is 0 Å². The predicted octanol–water partition coefficient (Wildman–Crippen LogP) is 2.68. The molecule has 0 atom stereocenters. The molecule has 0 heterocycles. The third kappa shape index (κ3) is 3.23. The maximum absolute atomic E-state index is 5.22. The Bertz CT molecular complexity index is 196. The largest absolute Gasteiger partial charge is 0.147 e. The Hall–Kier alpha value is 0.613. The summed E-state index contributed by atoms with van der Waals surface area (Å²) in [6.45, 7) is 4.37. The summed E-state index contributed by atoms with van der Waals surface area (Å²) in [5.41, 5.74) is 2.96. The molecular formula is C8H13ClOZr. The number of halogens is 1. The van der Waals surface area contributed by atoms with Crippen LogP contribution in [0.2, 0.25) is 0 Å². The first kappa shape index (κ1) is 11.6. The van der Waals surface area contributed by atoms with E-state index in [-0.39, 0.29) is 12.4 Å². The fourth-order valence-electron chi connectivity index (χ4n) is 1.17. The second-order valence-electron chi connectivity index (χ2n) is 2.64. The summed E-state index contributed by atoms with van der Waals surface area (Å²) in [6.07, 6.45) is 3.46. The van der Waals surface area contributed by atoms with Gasteiger partial charge in [-0.2, -0.15) is 0 Å². The quantitative estimate of drug-likeness (QED) is 0.733. The number of rotatable bonds is 2. The molecule has 0 aliphatic heterocycles. The van der Waals surface area contributed by atoms with Gasteiger partial charge in [0.1, 0.15) is 0 Å². The van der Waals surface area contributed by atoms with Crippen molar-refractivity contribution in [2.24, 2.45) is 0 Å². The van der Waals surface area contributed by atoms with Crippen LogP contribution >= 0.6 is 12.4 Å². The summed E-state index contributed by atoms with van der Waals surface area (Å²) < 4.78 is 6.82. The van der Waals surface area contributed by atoms with Crippen molar-refractivity contribution in [3.63, 3.8) is 0 Å². The van der Waals surface area contributed by atoms with E-state index in [0.717, 1.165) is 0 Å². The molecule has 0 saturated heterocycles. The van der Waals surface area contributed by atoms with Crippen LogP contribution in [0.25, 0.3) is 0 Å². The Morgan fingerprint density at radius 1 is 1.45 bits per heavy atom. The second kappa shape index (κ2) is 5.29. The van der Waals surface area contributed by atoms with Crippen molar-refractivity contribution >= 4 is 12.4 Å². The summed E-state index contributed by atoms with van der Waals surface area (Å²) in [4.78, 5) is 0. The maximum atomic E-state index is 5.22. The SMILES string of the molecule is C[O][Zr][C]1=C(C)C=C(C)C1.Cl.